The molecule has 0 aliphatic heterocycles. The van der Waals surface area contributed by atoms with Crippen LogP contribution < -0.4 is 5.32 Å². The van der Waals surface area contributed by atoms with Gasteiger partial charge in [0.2, 0.25) is 0 Å². The molecule has 1 rings (SSSR count). The molecular formula is C14H16FNO4S. The van der Waals surface area contributed by atoms with Crippen molar-refractivity contribution >= 4 is 15.7 Å². The van der Waals surface area contributed by atoms with E-state index in [1.807, 2.05) is 0 Å². The zero-order valence-electron chi connectivity index (χ0n) is 11.7. The molecule has 1 aromatic carbocycles. The second kappa shape index (κ2) is 7.20. The first-order valence-corrected chi connectivity index (χ1v) is 8.17. The van der Waals surface area contributed by atoms with Crippen LogP contribution in [-0.4, -0.2) is 44.1 Å². The van der Waals surface area contributed by atoms with Crippen molar-refractivity contribution in [2.24, 2.45) is 0 Å². The van der Waals surface area contributed by atoms with Crippen molar-refractivity contribution in [3.8, 4) is 11.8 Å². The van der Waals surface area contributed by atoms with E-state index in [-0.39, 0.29) is 16.9 Å². The molecular weight excluding hydrogens is 297 g/mol. The first kappa shape index (κ1) is 17.1. The molecule has 0 fully saturated rings. The second-order valence-electron chi connectivity index (χ2n) is 4.62. The zero-order chi connectivity index (χ0) is 16.0. The first-order valence-electron chi connectivity index (χ1n) is 6.11. The maximum Gasteiger partial charge on any atom is 0.252 e. The van der Waals surface area contributed by atoms with Gasteiger partial charge in [0, 0.05) is 17.9 Å². The number of rotatable bonds is 4. The van der Waals surface area contributed by atoms with Gasteiger partial charge in [-0.05, 0) is 25.1 Å². The highest BCUT2D eigenvalue weighted by molar-refractivity contribution is 7.90. The summed E-state index contributed by atoms with van der Waals surface area (Å²) in [4.78, 5) is 12.1. The Morgan fingerprint density at radius 1 is 1.48 bits per heavy atom. The predicted molar refractivity (Wildman–Crippen MR) is 77.0 cm³/mol. The smallest absolute Gasteiger partial charge is 0.252 e. The number of amides is 1. The molecule has 0 saturated carbocycles. The fourth-order valence-electron chi connectivity index (χ4n) is 1.75. The average molecular weight is 313 g/mol. The van der Waals surface area contributed by atoms with E-state index in [9.17, 15) is 17.6 Å². The van der Waals surface area contributed by atoms with E-state index in [2.05, 4.69) is 17.2 Å². The lowest BCUT2D eigenvalue weighted by Gasteiger charge is -2.13. The van der Waals surface area contributed by atoms with Gasteiger partial charge in [-0.3, -0.25) is 4.79 Å². The van der Waals surface area contributed by atoms with Crippen molar-refractivity contribution in [3.05, 3.63) is 35.1 Å². The van der Waals surface area contributed by atoms with Crippen molar-refractivity contribution in [2.45, 2.75) is 13.0 Å². The molecule has 0 saturated heterocycles. The number of nitrogens with one attached hydrogen (secondary N) is 1. The molecule has 0 spiro atoms. The van der Waals surface area contributed by atoms with Crippen LogP contribution in [0.15, 0.2) is 18.2 Å². The number of sulfone groups is 1. The molecule has 1 aromatic rings. The van der Waals surface area contributed by atoms with E-state index < -0.39 is 34.2 Å². The van der Waals surface area contributed by atoms with Gasteiger partial charge in [-0.1, -0.05) is 11.8 Å². The van der Waals surface area contributed by atoms with Gasteiger partial charge in [0.05, 0.1) is 11.3 Å². The second-order valence-corrected chi connectivity index (χ2v) is 6.80. The molecule has 0 aliphatic carbocycles. The van der Waals surface area contributed by atoms with Gasteiger partial charge in [0.1, 0.15) is 22.3 Å². The van der Waals surface area contributed by atoms with Crippen LogP contribution in [0.2, 0.25) is 0 Å². The van der Waals surface area contributed by atoms with Crippen molar-refractivity contribution in [3.63, 3.8) is 0 Å². The highest BCUT2D eigenvalue weighted by Gasteiger charge is 2.16. The molecule has 7 heteroatoms. The highest BCUT2D eigenvalue weighted by Crippen LogP contribution is 2.11. The molecule has 21 heavy (non-hydrogen) atoms. The summed E-state index contributed by atoms with van der Waals surface area (Å²) in [6.45, 7) is 1.14. The Hall–Kier alpha value is -1.91. The number of aliphatic hydroxyl groups excluding tert-OH is 1. The maximum atomic E-state index is 13.2. The SMILES string of the molecule is CC(CS(C)(=O)=O)NC(=O)c1ccc(F)cc1C#CCO. The standard InChI is InChI=1S/C14H16FNO4S/c1-10(9-21(2,19)20)16-14(18)13-6-5-12(15)8-11(13)4-3-7-17/h5-6,8,10,17H,7,9H2,1-2H3,(H,16,18). The maximum absolute atomic E-state index is 13.2. The van der Waals surface area contributed by atoms with Crippen molar-refractivity contribution < 1.29 is 22.7 Å². The summed E-state index contributed by atoms with van der Waals surface area (Å²) in [6.07, 6.45) is 1.08. The fraction of sp³-hybridized carbons (Fsp3) is 0.357. The summed E-state index contributed by atoms with van der Waals surface area (Å²) in [5.74, 6) is 3.53. The molecule has 0 aromatic heterocycles. The topological polar surface area (TPSA) is 83.5 Å². The summed E-state index contributed by atoms with van der Waals surface area (Å²) in [5, 5.41) is 11.2. The Balaban J connectivity index is 2.97. The van der Waals surface area contributed by atoms with E-state index >= 15 is 0 Å². The predicted octanol–water partition coefficient (Wildman–Crippen LogP) is 0.332. The molecule has 2 N–H and O–H groups in total. The van der Waals surface area contributed by atoms with Crippen LogP contribution in [0.25, 0.3) is 0 Å². The van der Waals surface area contributed by atoms with Gasteiger partial charge in [0.25, 0.3) is 5.91 Å². The Bertz CT molecular complexity index is 689. The summed E-state index contributed by atoms with van der Waals surface area (Å²) < 4.78 is 35.5. The Labute approximate surface area is 123 Å². The van der Waals surface area contributed by atoms with Gasteiger partial charge >= 0.3 is 0 Å². The van der Waals surface area contributed by atoms with E-state index in [0.717, 1.165) is 18.4 Å². The van der Waals surface area contributed by atoms with E-state index in [1.165, 1.54) is 6.07 Å². The third-order valence-corrected chi connectivity index (χ3v) is 3.56. The minimum atomic E-state index is -3.22. The summed E-state index contributed by atoms with van der Waals surface area (Å²) >= 11 is 0. The van der Waals surface area contributed by atoms with Crippen LogP contribution in [-0.2, 0) is 9.84 Å². The number of hydrogen-bond acceptors (Lipinski definition) is 4. The Morgan fingerprint density at radius 3 is 2.71 bits per heavy atom. The molecule has 0 bridgehead atoms. The molecule has 1 atom stereocenters. The summed E-state index contributed by atoms with van der Waals surface area (Å²) in [5.41, 5.74) is 0.255. The zero-order valence-corrected chi connectivity index (χ0v) is 12.5. The number of hydrogen-bond donors (Lipinski definition) is 2. The van der Waals surface area contributed by atoms with Crippen LogP contribution in [0.3, 0.4) is 0 Å². The molecule has 5 nitrogen and oxygen atoms in total. The summed E-state index contributed by atoms with van der Waals surface area (Å²) in [7, 11) is -3.22. The van der Waals surface area contributed by atoms with Gasteiger partial charge in [-0.2, -0.15) is 0 Å². The van der Waals surface area contributed by atoms with E-state index in [4.69, 9.17) is 5.11 Å². The first-order chi connectivity index (χ1) is 9.73. The van der Waals surface area contributed by atoms with Crippen LogP contribution in [0.5, 0.6) is 0 Å². The third kappa shape index (κ3) is 5.94. The minimum absolute atomic E-state index is 0.123. The van der Waals surface area contributed by atoms with Crippen molar-refractivity contribution in [1.29, 1.82) is 0 Å². The van der Waals surface area contributed by atoms with Gasteiger partial charge < -0.3 is 10.4 Å². The van der Waals surface area contributed by atoms with Crippen LogP contribution in [0, 0.1) is 17.7 Å². The summed E-state index contributed by atoms with van der Waals surface area (Å²) in [6, 6.07) is 2.87. The molecule has 0 radical (unpaired) electrons. The quantitative estimate of drug-likeness (QED) is 0.785. The lowest BCUT2D eigenvalue weighted by molar-refractivity contribution is 0.0943. The van der Waals surface area contributed by atoms with E-state index in [0.29, 0.717) is 0 Å². The molecule has 114 valence electrons. The number of benzene rings is 1. The molecule has 1 unspecified atom stereocenters. The largest absolute Gasteiger partial charge is 0.384 e. The van der Waals surface area contributed by atoms with Crippen molar-refractivity contribution in [1.82, 2.24) is 5.32 Å². The number of halogens is 1. The third-order valence-electron chi connectivity index (χ3n) is 2.46. The average Bonchev–Trinajstić information content (AvgIpc) is 2.33. The number of aliphatic hydroxyl groups is 1. The van der Waals surface area contributed by atoms with Crippen molar-refractivity contribution in [2.75, 3.05) is 18.6 Å². The van der Waals surface area contributed by atoms with E-state index in [1.54, 1.807) is 6.92 Å². The Morgan fingerprint density at radius 2 is 2.14 bits per heavy atom. The molecule has 1 amide bonds. The number of carbonyl (C=O) groups excluding carboxylic acids is 1. The molecule has 0 aliphatic rings. The van der Waals surface area contributed by atoms with Gasteiger partial charge in [0.15, 0.2) is 0 Å². The Kier molecular flexibility index (Phi) is 5.88. The lowest BCUT2D eigenvalue weighted by Crippen LogP contribution is -2.37. The normalized spacial score (nSPS) is 12.2. The minimum Gasteiger partial charge on any atom is -0.384 e. The fourth-order valence-corrected chi connectivity index (χ4v) is 2.74. The van der Waals surface area contributed by atoms with Crippen LogP contribution in [0.1, 0.15) is 22.8 Å². The number of carbonyl (C=O) groups is 1. The monoisotopic (exact) mass is 313 g/mol. The highest BCUT2D eigenvalue weighted by atomic mass is 32.2. The van der Waals surface area contributed by atoms with Crippen LogP contribution >= 0.6 is 0 Å². The van der Waals surface area contributed by atoms with Gasteiger partial charge in [-0.15, -0.1) is 0 Å². The lowest BCUT2D eigenvalue weighted by atomic mass is 10.1. The molecule has 0 heterocycles. The van der Waals surface area contributed by atoms with Crippen LogP contribution in [0.4, 0.5) is 4.39 Å². The van der Waals surface area contributed by atoms with Gasteiger partial charge in [-0.25, -0.2) is 12.8 Å².